The Hall–Kier alpha value is -2.63. The van der Waals surface area contributed by atoms with Crippen LogP contribution in [0.3, 0.4) is 0 Å². The van der Waals surface area contributed by atoms with E-state index in [1.807, 2.05) is 47.4 Å². The zero-order valence-corrected chi connectivity index (χ0v) is 14.7. The van der Waals surface area contributed by atoms with Crippen LogP contribution in [-0.4, -0.2) is 47.2 Å². The summed E-state index contributed by atoms with van der Waals surface area (Å²) in [7, 11) is 0. The minimum absolute atomic E-state index is 0.273. The Balaban J connectivity index is 1.52. The van der Waals surface area contributed by atoms with E-state index in [0.29, 0.717) is 6.42 Å². The Labute approximate surface area is 148 Å². The fourth-order valence-electron chi connectivity index (χ4n) is 2.90. The number of aromatic nitrogens is 2. The number of hydrogen-bond acceptors (Lipinski definition) is 5. The van der Waals surface area contributed by atoms with Gasteiger partial charge >= 0.3 is 0 Å². The van der Waals surface area contributed by atoms with Gasteiger partial charge in [-0.25, -0.2) is 0 Å². The molecule has 3 rings (SSSR count). The lowest BCUT2D eigenvalue weighted by molar-refractivity contribution is -0.131. The maximum Gasteiger partial charge on any atom is 0.222 e. The molecule has 1 saturated heterocycles. The van der Waals surface area contributed by atoms with E-state index in [2.05, 4.69) is 27.3 Å². The maximum atomic E-state index is 12.1. The Morgan fingerprint density at radius 1 is 1.04 bits per heavy atom. The number of rotatable bonds is 6. The summed E-state index contributed by atoms with van der Waals surface area (Å²) in [6.45, 7) is 5.23. The van der Waals surface area contributed by atoms with Crippen molar-refractivity contribution in [2.45, 2.75) is 26.2 Å². The summed E-state index contributed by atoms with van der Waals surface area (Å²) in [5, 5.41) is 11.8. The second kappa shape index (κ2) is 8.46. The van der Waals surface area contributed by atoms with Crippen molar-refractivity contribution in [1.82, 2.24) is 15.1 Å². The van der Waals surface area contributed by atoms with Crippen LogP contribution in [-0.2, 0) is 4.79 Å². The van der Waals surface area contributed by atoms with Gasteiger partial charge in [-0.15, -0.1) is 10.2 Å². The Morgan fingerprint density at radius 3 is 2.44 bits per heavy atom. The summed E-state index contributed by atoms with van der Waals surface area (Å²) in [5.41, 5.74) is 0.990. The van der Waals surface area contributed by atoms with Gasteiger partial charge in [0.05, 0.1) is 0 Å². The summed E-state index contributed by atoms with van der Waals surface area (Å²) < 4.78 is 0. The Bertz CT molecular complexity index is 666. The van der Waals surface area contributed by atoms with Crippen LogP contribution in [0.25, 0.3) is 0 Å². The molecule has 1 aliphatic heterocycles. The molecule has 6 nitrogen and oxygen atoms in total. The molecule has 0 radical (unpaired) electrons. The molecule has 1 aromatic heterocycles. The highest BCUT2D eigenvalue weighted by atomic mass is 16.2. The SMILES string of the molecule is CCCCC(=O)N1CCN(c2ccc(Nc3ccccc3)nn2)CC1. The Kier molecular flexibility index (Phi) is 5.82. The van der Waals surface area contributed by atoms with Crippen LogP contribution in [0, 0.1) is 0 Å². The van der Waals surface area contributed by atoms with Gasteiger partial charge in [-0.05, 0) is 30.7 Å². The largest absolute Gasteiger partial charge is 0.352 e. The van der Waals surface area contributed by atoms with Crippen molar-refractivity contribution in [3.05, 3.63) is 42.5 Å². The van der Waals surface area contributed by atoms with Crippen molar-refractivity contribution in [1.29, 1.82) is 0 Å². The molecule has 1 aromatic carbocycles. The topological polar surface area (TPSA) is 61.4 Å². The van der Waals surface area contributed by atoms with Crippen molar-refractivity contribution in [2.75, 3.05) is 36.4 Å². The first kappa shape index (κ1) is 17.2. The second-order valence-corrected chi connectivity index (χ2v) is 6.24. The summed E-state index contributed by atoms with van der Waals surface area (Å²) in [6.07, 6.45) is 2.70. The zero-order valence-electron chi connectivity index (χ0n) is 14.7. The van der Waals surface area contributed by atoms with Crippen LogP contribution < -0.4 is 10.2 Å². The third kappa shape index (κ3) is 4.68. The molecule has 0 spiro atoms. The van der Waals surface area contributed by atoms with E-state index in [9.17, 15) is 4.79 Å². The van der Waals surface area contributed by atoms with Gasteiger partial charge in [-0.2, -0.15) is 0 Å². The van der Waals surface area contributed by atoms with E-state index in [-0.39, 0.29) is 5.91 Å². The van der Waals surface area contributed by atoms with Crippen LogP contribution in [0.1, 0.15) is 26.2 Å². The van der Waals surface area contributed by atoms with Crippen LogP contribution in [0.15, 0.2) is 42.5 Å². The monoisotopic (exact) mass is 339 g/mol. The second-order valence-electron chi connectivity index (χ2n) is 6.24. The first-order chi connectivity index (χ1) is 12.3. The maximum absolute atomic E-state index is 12.1. The van der Waals surface area contributed by atoms with Gasteiger partial charge in [0, 0.05) is 38.3 Å². The summed E-state index contributed by atoms with van der Waals surface area (Å²) >= 11 is 0. The lowest BCUT2D eigenvalue weighted by Gasteiger charge is -2.35. The number of amides is 1. The molecule has 25 heavy (non-hydrogen) atoms. The molecule has 0 saturated carbocycles. The fraction of sp³-hybridized carbons (Fsp3) is 0.421. The number of benzene rings is 1. The number of anilines is 3. The van der Waals surface area contributed by atoms with E-state index in [1.54, 1.807) is 0 Å². The van der Waals surface area contributed by atoms with Crippen molar-refractivity contribution in [3.8, 4) is 0 Å². The van der Waals surface area contributed by atoms with Crippen LogP contribution in [0.5, 0.6) is 0 Å². The minimum Gasteiger partial charge on any atom is -0.352 e. The molecule has 0 bridgehead atoms. The van der Waals surface area contributed by atoms with Crippen molar-refractivity contribution in [3.63, 3.8) is 0 Å². The highest BCUT2D eigenvalue weighted by Gasteiger charge is 2.21. The summed E-state index contributed by atoms with van der Waals surface area (Å²) in [5.74, 6) is 1.86. The molecule has 1 fully saturated rings. The zero-order chi connectivity index (χ0) is 17.5. The first-order valence-electron chi connectivity index (χ1n) is 8.95. The number of nitrogens with one attached hydrogen (secondary N) is 1. The number of nitrogens with zero attached hydrogens (tertiary/aromatic N) is 4. The predicted octanol–water partition coefficient (Wildman–Crippen LogP) is 3.06. The molecule has 1 aliphatic rings. The number of carbonyl (C=O) groups is 1. The standard InChI is InChI=1S/C19H25N5O/c1-2-3-9-19(25)24-14-12-23(13-15-24)18-11-10-17(21-22-18)20-16-7-5-4-6-8-16/h4-8,10-11H,2-3,9,12-15H2,1H3,(H,20,21). The molecule has 6 heteroatoms. The van der Waals surface area contributed by atoms with Crippen molar-refractivity contribution < 1.29 is 4.79 Å². The van der Waals surface area contributed by atoms with Crippen LogP contribution in [0.4, 0.5) is 17.3 Å². The number of unbranched alkanes of at least 4 members (excludes halogenated alkanes) is 1. The third-order valence-corrected chi connectivity index (χ3v) is 4.40. The highest BCUT2D eigenvalue weighted by molar-refractivity contribution is 5.76. The normalized spacial score (nSPS) is 14.4. The van der Waals surface area contributed by atoms with Crippen molar-refractivity contribution >= 4 is 23.2 Å². The van der Waals surface area contributed by atoms with Gasteiger partial charge in [0.25, 0.3) is 0 Å². The molecule has 2 aromatic rings. The van der Waals surface area contributed by atoms with Gasteiger partial charge in [0.15, 0.2) is 11.6 Å². The van der Waals surface area contributed by atoms with Gasteiger partial charge in [-0.3, -0.25) is 4.79 Å². The smallest absolute Gasteiger partial charge is 0.222 e. The predicted molar refractivity (Wildman–Crippen MR) is 100 cm³/mol. The van der Waals surface area contributed by atoms with Crippen LogP contribution >= 0.6 is 0 Å². The van der Waals surface area contributed by atoms with Crippen molar-refractivity contribution in [2.24, 2.45) is 0 Å². The van der Waals surface area contributed by atoms with E-state index in [4.69, 9.17) is 0 Å². The third-order valence-electron chi connectivity index (χ3n) is 4.40. The van der Waals surface area contributed by atoms with Gasteiger partial charge in [0.1, 0.15) is 0 Å². The van der Waals surface area contributed by atoms with Crippen LogP contribution in [0.2, 0.25) is 0 Å². The molecular formula is C19H25N5O. The molecule has 132 valence electrons. The lowest BCUT2D eigenvalue weighted by Crippen LogP contribution is -2.49. The number of carbonyl (C=O) groups excluding carboxylic acids is 1. The molecular weight excluding hydrogens is 314 g/mol. The molecule has 1 N–H and O–H groups in total. The van der Waals surface area contributed by atoms with E-state index >= 15 is 0 Å². The van der Waals surface area contributed by atoms with Gasteiger partial charge < -0.3 is 15.1 Å². The lowest BCUT2D eigenvalue weighted by atomic mass is 10.2. The quantitative estimate of drug-likeness (QED) is 0.876. The van der Waals surface area contributed by atoms with E-state index in [1.165, 1.54) is 0 Å². The number of hydrogen-bond donors (Lipinski definition) is 1. The number of para-hydroxylation sites is 1. The number of piperazine rings is 1. The Morgan fingerprint density at radius 2 is 1.80 bits per heavy atom. The van der Waals surface area contributed by atoms with Gasteiger partial charge in [-0.1, -0.05) is 31.5 Å². The minimum atomic E-state index is 0.273. The average Bonchev–Trinajstić information content (AvgIpc) is 2.68. The molecule has 2 heterocycles. The molecule has 0 unspecified atom stereocenters. The van der Waals surface area contributed by atoms with E-state index < -0.39 is 0 Å². The highest BCUT2D eigenvalue weighted by Crippen LogP contribution is 2.17. The fourth-order valence-corrected chi connectivity index (χ4v) is 2.90. The van der Waals surface area contributed by atoms with Gasteiger partial charge in [0.2, 0.25) is 5.91 Å². The summed E-state index contributed by atoms with van der Waals surface area (Å²) in [6, 6.07) is 13.8. The molecule has 0 atom stereocenters. The molecule has 1 amide bonds. The molecule has 0 aliphatic carbocycles. The first-order valence-corrected chi connectivity index (χ1v) is 8.95. The average molecular weight is 339 g/mol. The summed E-state index contributed by atoms with van der Waals surface area (Å²) in [4.78, 5) is 16.2. The van der Waals surface area contributed by atoms with E-state index in [0.717, 1.165) is 56.3 Å².